The summed E-state index contributed by atoms with van der Waals surface area (Å²) in [7, 11) is 0. The maximum Gasteiger partial charge on any atom is 0.0722 e. The van der Waals surface area contributed by atoms with E-state index < -0.39 is 0 Å². The molecule has 1 aromatic heterocycles. The molecule has 1 heterocycles. The molecule has 0 saturated heterocycles. The van der Waals surface area contributed by atoms with Crippen LogP contribution in [-0.2, 0) is 0 Å². The highest BCUT2D eigenvalue weighted by Gasteiger charge is 2.07. The molecule has 2 rings (SSSR count). The number of pyridine rings is 1. The van der Waals surface area contributed by atoms with Crippen molar-refractivity contribution in [2.75, 3.05) is 5.32 Å². The smallest absolute Gasteiger partial charge is 0.0722 e. The summed E-state index contributed by atoms with van der Waals surface area (Å²) in [6.07, 6.45) is 5.43. The molecular formula is C15H20N2. The van der Waals surface area contributed by atoms with E-state index in [1.165, 1.54) is 23.9 Å². The number of aromatic nitrogens is 1. The van der Waals surface area contributed by atoms with Crippen molar-refractivity contribution in [3.05, 3.63) is 36.5 Å². The van der Waals surface area contributed by atoms with E-state index in [-0.39, 0.29) is 0 Å². The van der Waals surface area contributed by atoms with Gasteiger partial charge in [0.15, 0.2) is 0 Å². The van der Waals surface area contributed by atoms with Crippen LogP contribution in [0, 0.1) is 0 Å². The molecule has 0 aliphatic heterocycles. The Kier molecular flexibility index (Phi) is 3.97. The Labute approximate surface area is 103 Å². The topological polar surface area (TPSA) is 24.9 Å². The van der Waals surface area contributed by atoms with Crippen LogP contribution in [0.1, 0.15) is 33.1 Å². The molecule has 0 saturated carbocycles. The molecule has 0 amide bonds. The molecule has 2 nitrogen and oxygen atoms in total. The van der Waals surface area contributed by atoms with E-state index in [4.69, 9.17) is 0 Å². The van der Waals surface area contributed by atoms with Crippen molar-refractivity contribution in [1.29, 1.82) is 0 Å². The number of fused-ring (bicyclic) bond motifs is 1. The van der Waals surface area contributed by atoms with Crippen LogP contribution in [0.4, 0.5) is 5.69 Å². The van der Waals surface area contributed by atoms with Crippen molar-refractivity contribution in [2.24, 2.45) is 0 Å². The van der Waals surface area contributed by atoms with Gasteiger partial charge >= 0.3 is 0 Å². The first-order chi connectivity index (χ1) is 8.35. The number of anilines is 1. The van der Waals surface area contributed by atoms with Gasteiger partial charge in [0.25, 0.3) is 0 Å². The third-order valence-corrected chi connectivity index (χ3v) is 3.14. The van der Waals surface area contributed by atoms with Gasteiger partial charge in [-0.25, -0.2) is 0 Å². The van der Waals surface area contributed by atoms with Crippen molar-refractivity contribution in [3.8, 4) is 0 Å². The van der Waals surface area contributed by atoms with Crippen molar-refractivity contribution in [3.63, 3.8) is 0 Å². The molecule has 90 valence electrons. The summed E-state index contributed by atoms with van der Waals surface area (Å²) in [5, 5.41) is 4.85. The molecule has 1 atom stereocenters. The van der Waals surface area contributed by atoms with Gasteiger partial charge in [-0.15, -0.1) is 0 Å². The lowest BCUT2D eigenvalue weighted by atomic mass is 10.1. The second kappa shape index (κ2) is 5.67. The van der Waals surface area contributed by atoms with Gasteiger partial charge in [0.2, 0.25) is 0 Å². The quantitative estimate of drug-likeness (QED) is 0.828. The highest BCUT2D eigenvalue weighted by molar-refractivity contribution is 5.91. The molecule has 1 aromatic carbocycles. The first-order valence-corrected chi connectivity index (χ1v) is 6.45. The van der Waals surface area contributed by atoms with Gasteiger partial charge in [-0.3, -0.25) is 4.98 Å². The molecule has 0 radical (unpaired) electrons. The highest BCUT2D eigenvalue weighted by Crippen LogP contribution is 2.23. The fraction of sp³-hybridized carbons (Fsp3) is 0.400. The third kappa shape index (κ3) is 2.76. The number of hydrogen-bond donors (Lipinski definition) is 1. The van der Waals surface area contributed by atoms with Gasteiger partial charge in [0.05, 0.1) is 5.52 Å². The van der Waals surface area contributed by atoms with E-state index in [9.17, 15) is 0 Å². The number of rotatable bonds is 5. The van der Waals surface area contributed by atoms with Gasteiger partial charge in [-0.05, 0) is 37.1 Å². The summed E-state index contributed by atoms with van der Waals surface area (Å²) >= 11 is 0. The lowest BCUT2D eigenvalue weighted by molar-refractivity contribution is 0.623. The SMILES string of the molecule is CCCC(CC)Nc1cccc2ncccc12. The van der Waals surface area contributed by atoms with Gasteiger partial charge in [-0.1, -0.05) is 26.3 Å². The van der Waals surface area contributed by atoms with E-state index in [1.54, 1.807) is 0 Å². The Hall–Kier alpha value is -1.57. The molecule has 2 aromatic rings. The van der Waals surface area contributed by atoms with Gasteiger partial charge in [0, 0.05) is 23.3 Å². The molecule has 0 aliphatic carbocycles. The lowest BCUT2D eigenvalue weighted by Gasteiger charge is -2.18. The zero-order valence-corrected chi connectivity index (χ0v) is 10.6. The van der Waals surface area contributed by atoms with Crippen molar-refractivity contribution < 1.29 is 0 Å². The van der Waals surface area contributed by atoms with Crippen LogP contribution in [0.3, 0.4) is 0 Å². The highest BCUT2D eigenvalue weighted by atomic mass is 14.9. The third-order valence-electron chi connectivity index (χ3n) is 3.14. The van der Waals surface area contributed by atoms with Crippen molar-refractivity contribution >= 4 is 16.6 Å². The van der Waals surface area contributed by atoms with Crippen LogP contribution >= 0.6 is 0 Å². The second-order valence-electron chi connectivity index (χ2n) is 4.41. The lowest BCUT2D eigenvalue weighted by Crippen LogP contribution is -2.18. The largest absolute Gasteiger partial charge is 0.382 e. The van der Waals surface area contributed by atoms with E-state index >= 15 is 0 Å². The van der Waals surface area contributed by atoms with Gasteiger partial charge < -0.3 is 5.32 Å². The summed E-state index contributed by atoms with van der Waals surface area (Å²) in [4.78, 5) is 4.38. The predicted octanol–water partition coefficient (Wildman–Crippen LogP) is 4.23. The molecule has 2 heteroatoms. The average molecular weight is 228 g/mol. The van der Waals surface area contributed by atoms with Gasteiger partial charge in [-0.2, -0.15) is 0 Å². The van der Waals surface area contributed by atoms with E-state index in [1.807, 2.05) is 12.3 Å². The molecule has 0 spiro atoms. The Morgan fingerprint density at radius 1 is 1.18 bits per heavy atom. The number of hydrogen-bond acceptors (Lipinski definition) is 2. The van der Waals surface area contributed by atoms with Crippen LogP contribution < -0.4 is 5.32 Å². The van der Waals surface area contributed by atoms with E-state index in [0.29, 0.717) is 6.04 Å². The van der Waals surface area contributed by atoms with Crippen LogP contribution in [0.15, 0.2) is 36.5 Å². The molecule has 1 N–H and O–H groups in total. The van der Waals surface area contributed by atoms with Crippen LogP contribution in [0.25, 0.3) is 10.9 Å². The van der Waals surface area contributed by atoms with Crippen molar-refractivity contribution in [2.45, 2.75) is 39.2 Å². The fourth-order valence-corrected chi connectivity index (χ4v) is 2.18. The van der Waals surface area contributed by atoms with Crippen LogP contribution in [0.5, 0.6) is 0 Å². The fourth-order valence-electron chi connectivity index (χ4n) is 2.18. The Morgan fingerprint density at radius 3 is 2.82 bits per heavy atom. The summed E-state index contributed by atoms with van der Waals surface area (Å²) in [6.45, 7) is 4.46. The maximum absolute atomic E-state index is 4.38. The second-order valence-corrected chi connectivity index (χ2v) is 4.41. The first-order valence-electron chi connectivity index (χ1n) is 6.45. The maximum atomic E-state index is 4.38. The average Bonchev–Trinajstić information content (AvgIpc) is 2.38. The molecule has 0 bridgehead atoms. The first kappa shape index (κ1) is 11.9. The number of nitrogens with zero attached hydrogens (tertiary/aromatic N) is 1. The number of nitrogens with one attached hydrogen (secondary N) is 1. The summed E-state index contributed by atoms with van der Waals surface area (Å²) in [5.74, 6) is 0. The molecule has 0 fully saturated rings. The zero-order valence-electron chi connectivity index (χ0n) is 10.6. The standard InChI is InChI=1S/C15H20N2/c1-3-7-12(4-2)17-15-10-5-9-14-13(15)8-6-11-16-14/h5-6,8-12,17H,3-4,7H2,1-2H3. The summed E-state index contributed by atoms with van der Waals surface area (Å²) < 4.78 is 0. The normalized spacial score (nSPS) is 12.6. The minimum absolute atomic E-state index is 0.561. The summed E-state index contributed by atoms with van der Waals surface area (Å²) in [6, 6.07) is 10.9. The van der Waals surface area contributed by atoms with Crippen LogP contribution in [-0.4, -0.2) is 11.0 Å². The van der Waals surface area contributed by atoms with E-state index in [0.717, 1.165) is 11.9 Å². The molecule has 1 unspecified atom stereocenters. The Bertz CT molecular complexity index is 474. The predicted molar refractivity (Wildman–Crippen MR) is 74.4 cm³/mol. The molecule has 17 heavy (non-hydrogen) atoms. The minimum Gasteiger partial charge on any atom is -0.382 e. The van der Waals surface area contributed by atoms with Crippen LogP contribution in [0.2, 0.25) is 0 Å². The monoisotopic (exact) mass is 228 g/mol. The van der Waals surface area contributed by atoms with Crippen molar-refractivity contribution in [1.82, 2.24) is 4.98 Å². The van der Waals surface area contributed by atoms with Gasteiger partial charge in [0.1, 0.15) is 0 Å². The molecular weight excluding hydrogens is 208 g/mol. The Balaban J connectivity index is 2.28. The zero-order chi connectivity index (χ0) is 12.1. The molecule has 0 aliphatic rings. The summed E-state index contributed by atoms with van der Waals surface area (Å²) in [5.41, 5.74) is 2.26. The minimum atomic E-state index is 0.561. The Morgan fingerprint density at radius 2 is 2.06 bits per heavy atom. The van der Waals surface area contributed by atoms with E-state index in [2.05, 4.69) is 48.4 Å². The number of benzene rings is 1.